The maximum atomic E-state index is 5.26. The van der Waals surface area contributed by atoms with Crippen LogP contribution in [-0.4, -0.2) is 19.5 Å². The van der Waals surface area contributed by atoms with Crippen LogP contribution in [0.1, 0.15) is 0 Å². The molecule has 0 N–H and O–H groups in total. The van der Waals surface area contributed by atoms with E-state index in [0.29, 0.717) is 17.5 Å². The summed E-state index contributed by atoms with van der Waals surface area (Å²) in [7, 11) is 0. The minimum absolute atomic E-state index is 0.617. The third kappa shape index (κ3) is 6.07. The van der Waals surface area contributed by atoms with E-state index in [1.165, 1.54) is 0 Å². The Bertz CT molecular complexity index is 2920. The van der Waals surface area contributed by atoms with Crippen molar-refractivity contribution in [2.75, 3.05) is 4.90 Å². The summed E-state index contributed by atoms with van der Waals surface area (Å²) in [5.41, 5.74) is 11.6. The molecule has 2 aromatic heterocycles. The number of hydrogen-bond donors (Lipinski definition) is 0. The number of fused-ring (bicyclic) bond motifs is 3. The Morgan fingerprint density at radius 3 is 1.54 bits per heavy atom. The Balaban J connectivity index is 1.12. The summed E-state index contributed by atoms with van der Waals surface area (Å²) in [6, 6.07) is 73.8. The smallest absolute Gasteiger partial charge is 0.164 e. The summed E-state index contributed by atoms with van der Waals surface area (Å²) in [6.45, 7) is 0. The number of nitrogens with zero attached hydrogens (tertiary/aromatic N) is 5. The molecule has 0 saturated heterocycles. The number of para-hydroxylation sites is 4. The van der Waals surface area contributed by atoms with Gasteiger partial charge in [0.1, 0.15) is 0 Å². The van der Waals surface area contributed by atoms with E-state index in [-0.39, 0.29) is 0 Å². The van der Waals surface area contributed by atoms with Crippen molar-refractivity contribution in [1.29, 1.82) is 0 Å². The predicted octanol–water partition coefficient (Wildman–Crippen LogP) is 13.1. The van der Waals surface area contributed by atoms with E-state index in [9.17, 15) is 0 Å². The molecule has 0 aliphatic rings. The molecule has 56 heavy (non-hydrogen) atoms. The summed E-state index contributed by atoms with van der Waals surface area (Å²) >= 11 is 0. The lowest BCUT2D eigenvalue weighted by Crippen LogP contribution is -2.09. The minimum atomic E-state index is 0.617. The molecule has 0 amide bonds. The van der Waals surface area contributed by atoms with Crippen LogP contribution in [0.4, 0.5) is 17.1 Å². The molecule has 10 rings (SSSR count). The lowest BCUT2D eigenvalue weighted by atomic mass is 10.0. The van der Waals surface area contributed by atoms with E-state index in [1.54, 1.807) is 0 Å². The molecule has 264 valence electrons. The van der Waals surface area contributed by atoms with Crippen molar-refractivity contribution in [3.8, 4) is 51.0 Å². The largest absolute Gasteiger partial charge is 0.310 e. The van der Waals surface area contributed by atoms with Crippen molar-refractivity contribution in [3.63, 3.8) is 0 Å². The van der Waals surface area contributed by atoms with Crippen LogP contribution in [0.15, 0.2) is 212 Å². The van der Waals surface area contributed by atoms with Gasteiger partial charge in [-0.25, -0.2) is 15.0 Å². The van der Waals surface area contributed by atoms with E-state index < -0.39 is 0 Å². The van der Waals surface area contributed by atoms with Crippen LogP contribution in [0.2, 0.25) is 0 Å². The normalized spacial score (nSPS) is 11.2. The Labute approximate surface area is 325 Å². The predicted molar refractivity (Wildman–Crippen MR) is 231 cm³/mol. The first kappa shape index (κ1) is 33.0. The highest BCUT2D eigenvalue weighted by Gasteiger charge is 2.20. The molecule has 0 unspecified atom stereocenters. The molecular weight excluding hydrogens is 683 g/mol. The third-order valence-corrected chi connectivity index (χ3v) is 10.2. The maximum Gasteiger partial charge on any atom is 0.164 e. The van der Waals surface area contributed by atoms with Gasteiger partial charge in [0.25, 0.3) is 0 Å². The van der Waals surface area contributed by atoms with E-state index in [4.69, 9.17) is 15.0 Å². The van der Waals surface area contributed by atoms with Crippen molar-refractivity contribution >= 4 is 38.9 Å². The first-order chi connectivity index (χ1) is 27.8. The zero-order chi connectivity index (χ0) is 37.3. The van der Waals surface area contributed by atoms with Gasteiger partial charge in [0.05, 0.1) is 11.0 Å². The molecule has 0 spiro atoms. The van der Waals surface area contributed by atoms with Gasteiger partial charge in [-0.3, -0.25) is 0 Å². The fourth-order valence-electron chi connectivity index (χ4n) is 7.67. The highest BCUT2D eigenvalue weighted by Crippen LogP contribution is 2.40. The lowest BCUT2D eigenvalue weighted by Gasteiger charge is -2.26. The van der Waals surface area contributed by atoms with Crippen LogP contribution in [-0.2, 0) is 0 Å². The third-order valence-electron chi connectivity index (χ3n) is 10.2. The highest BCUT2D eigenvalue weighted by molar-refractivity contribution is 6.15. The van der Waals surface area contributed by atoms with Gasteiger partial charge in [0.15, 0.2) is 17.5 Å². The molecule has 0 radical (unpaired) electrons. The molecule has 0 aliphatic heterocycles. The molecule has 0 saturated carbocycles. The molecule has 0 aliphatic carbocycles. The maximum absolute atomic E-state index is 5.26. The van der Waals surface area contributed by atoms with Crippen LogP contribution in [0.25, 0.3) is 72.8 Å². The average Bonchev–Trinajstić information content (AvgIpc) is 3.62. The monoisotopic (exact) mass is 717 g/mol. The van der Waals surface area contributed by atoms with Crippen molar-refractivity contribution in [2.45, 2.75) is 0 Å². The average molecular weight is 718 g/mol. The van der Waals surface area contributed by atoms with Crippen LogP contribution < -0.4 is 4.90 Å². The first-order valence-corrected chi connectivity index (χ1v) is 18.8. The molecule has 0 atom stereocenters. The fourth-order valence-corrected chi connectivity index (χ4v) is 7.67. The number of rotatable bonds is 8. The second kappa shape index (κ2) is 14.3. The van der Waals surface area contributed by atoms with E-state index in [0.717, 1.165) is 72.4 Å². The summed E-state index contributed by atoms with van der Waals surface area (Å²) < 4.78 is 2.32. The van der Waals surface area contributed by atoms with Crippen molar-refractivity contribution in [2.24, 2.45) is 0 Å². The van der Waals surface area contributed by atoms with Crippen LogP contribution in [0.5, 0.6) is 0 Å². The van der Waals surface area contributed by atoms with E-state index in [1.807, 2.05) is 30.3 Å². The van der Waals surface area contributed by atoms with E-state index >= 15 is 0 Å². The Kier molecular flexibility index (Phi) is 8.43. The molecular formula is C51H35N5. The molecule has 5 nitrogen and oxygen atoms in total. The minimum Gasteiger partial charge on any atom is -0.310 e. The van der Waals surface area contributed by atoms with Gasteiger partial charge >= 0.3 is 0 Å². The molecule has 0 bridgehead atoms. The zero-order valence-electron chi connectivity index (χ0n) is 30.4. The number of anilines is 3. The van der Waals surface area contributed by atoms with Crippen molar-refractivity contribution in [3.05, 3.63) is 212 Å². The Hall–Kier alpha value is -7.63. The number of benzene rings is 8. The van der Waals surface area contributed by atoms with Gasteiger partial charge in [0, 0.05) is 50.2 Å². The van der Waals surface area contributed by atoms with Crippen LogP contribution in [0, 0.1) is 0 Å². The fraction of sp³-hybridized carbons (Fsp3) is 0. The van der Waals surface area contributed by atoms with Gasteiger partial charge in [-0.1, -0.05) is 146 Å². The summed E-state index contributed by atoms with van der Waals surface area (Å²) in [4.78, 5) is 17.8. The van der Waals surface area contributed by atoms with E-state index in [2.05, 4.69) is 191 Å². The number of hydrogen-bond acceptors (Lipinski definition) is 4. The zero-order valence-corrected chi connectivity index (χ0v) is 30.4. The van der Waals surface area contributed by atoms with Crippen molar-refractivity contribution < 1.29 is 0 Å². The topological polar surface area (TPSA) is 46.8 Å². The van der Waals surface area contributed by atoms with Crippen LogP contribution >= 0.6 is 0 Å². The van der Waals surface area contributed by atoms with Gasteiger partial charge in [0.2, 0.25) is 0 Å². The van der Waals surface area contributed by atoms with Gasteiger partial charge < -0.3 is 9.47 Å². The molecule has 8 aromatic carbocycles. The molecule has 2 heterocycles. The first-order valence-electron chi connectivity index (χ1n) is 18.8. The van der Waals surface area contributed by atoms with Crippen LogP contribution in [0.3, 0.4) is 0 Å². The van der Waals surface area contributed by atoms with Gasteiger partial charge in [-0.05, 0) is 77.9 Å². The second-order valence-corrected chi connectivity index (χ2v) is 13.7. The standard InChI is InChI=1S/C51H35N5/c1-5-18-36(19-6-1)49-52-50(54-51(53-49)45-31-17-33-47-48(45)44-30-13-14-32-46(44)56(47)42-27-11-4-12-28-42)39-22-15-20-37(34-39)38-21-16-29-43(35-38)55(40-23-7-2-8-24-40)41-25-9-3-10-26-41/h1-35H. The number of aromatic nitrogens is 4. The van der Waals surface area contributed by atoms with Gasteiger partial charge in [-0.15, -0.1) is 0 Å². The quantitative estimate of drug-likeness (QED) is 0.157. The Morgan fingerprint density at radius 2 is 0.821 bits per heavy atom. The summed E-state index contributed by atoms with van der Waals surface area (Å²) in [5.74, 6) is 1.87. The highest BCUT2D eigenvalue weighted by atomic mass is 15.1. The Morgan fingerprint density at radius 1 is 0.339 bits per heavy atom. The summed E-state index contributed by atoms with van der Waals surface area (Å²) in [5, 5.41) is 2.25. The SMILES string of the molecule is c1ccc(-c2nc(-c3cccc(-c4cccc(N(c5ccccc5)c5ccccc5)c4)c3)nc(-c3cccc4c3c3ccccc3n4-c3ccccc3)n2)cc1. The second-order valence-electron chi connectivity index (χ2n) is 13.7. The molecule has 0 fully saturated rings. The lowest BCUT2D eigenvalue weighted by molar-refractivity contribution is 1.08. The van der Waals surface area contributed by atoms with Crippen molar-refractivity contribution in [1.82, 2.24) is 19.5 Å². The molecule has 10 aromatic rings. The summed E-state index contributed by atoms with van der Waals surface area (Å²) in [6.07, 6.45) is 0. The van der Waals surface area contributed by atoms with Gasteiger partial charge in [-0.2, -0.15) is 0 Å². The molecule has 5 heteroatoms.